The number of nitrogens with zero attached hydrogens (tertiary/aromatic N) is 1. The molecule has 2 amide bonds. The lowest BCUT2D eigenvalue weighted by Gasteiger charge is -2.12. The SMILES string of the molecule is CC(C)(C)c1cc(NC(=O)NCc2cccc(Cl)c2)no1. The van der Waals surface area contributed by atoms with Crippen LogP contribution in [0.15, 0.2) is 34.9 Å². The minimum absolute atomic E-state index is 0.149. The smallest absolute Gasteiger partial charge is 0.320 e. The molecule has 0 aliphatic heterocycles. The van der Waals surface area contributed by atoms with Crippen LogP contribution < -0.4 is 10.6 Å². The van der Waals surface area contributed by atoms with E-state index in [1.165, 1.54) is 0 Å². The zero-order chi connectivity index (χ0) is 15.5. The molecular weight excluding hydrogens is 290 g/mol. The zero-order valence-electron chi connectivity index (χ0n) is 12.2. The van der Waals surface area contributed by atoms with Crippen molar-refractivity contribution in [3.05, 3.63) is 46.7 Å². The van der Waals surface area contributed by atoms with Crippen molar-refractivity contribution in [3.63, 3.8) is 0 Å². The normalized spacial score (nSPS) is 11.2. The van der Waals surface area contributed by atoms with Gasteiger partial charge in [0.1, 0.15) is 5.76 Å². The van der Waals surface area contributed by atoms with Crippen LogP contribution in [0.2, 0.25) is 5.02 Å². The molecule has 0 spiro atoms. The molecule has 0 aliphatic carbocycles. The van der Waals surface area contributed by atoms with Gasteiger partial charge < -0.3 is 9.84 Å². The molecule has 0 saturated heterocycles. The van der Waals surface area contributed by atoms with E-state index in [0.717, 1.165) is 5.56 Å². The number of nitrogens with one attached hydrogen (secondary N) is 2. The summed E-state index contributed by atoms with van der Waals surface area (Å²) in [6.45, 7) is 6.42. The second-order valence-corrected chi connectivity index (χ2v) is 6.20. The molecule has 0 radical (unpaired) electrons. The highest BCUT2D eigenvalue weighted by Gasteiger charge is 2.20. The van der Waals surface area contributed by atoms with Crippen molar-refractivity contribution in [1.29, 1.82) is 0 Å². The highest BCUT2D eigenvalue weighted by Crippen LogP contribution is 2.24. The van der Waals surface area contributed by atoms with E-state index in [9.17, 15) is 4.79 Å². The number of halogens is 1. The maximum Gasteiger partial charge on any atom is 0.320 e. The summed E-state index contributed by atoms with van der Waals surface area (Å²) in [5, 5.41) is 9.83. The van der Waals surface area contributed by atoms with Gasteiger partial charge in [-0.1, -0.05) is 49.7 Å². The van der Waals surface area contributed by atoms with Gasteiger partial charge in [0.05, 0.1) is 0 Å². The molecule has 21 heavy (non-hydrogen) atoms. The lowest BCUT2D eigenvalue weighted by Crippen LogP contribution is -2.28. The molecule has 1 aromatic heterocycles. The number of hydrogen-bond acceptors (Lipinski definition) is 3. The van der Waals surface area contributed by atoms with E-state index in [1.807, 2.05) is 32.9 Å². The Morgan fingerprint density at radius 1 is 1.33 bits per heavy atom. The van der Waals surface area contributed by atoms with Gasteiger partial charge in [-0.05, 0) is 17.7 Å². The molecule has 0 unspecified atom stereocenters. The van der Waals surface area contributed by atoms with Crippen LogP contribution in [0.1, 0.15) is 32.1 Å². The van der Waals surface area contributed by atoms with E-state index >= 15 is 0 Å². The molecule has 0 atom stereocenters. The van der Waals surface area contributed by atoms with E-state index in [0.29, 0.717) is 23.1 Å². The van der Waals surface area contributed by atoms with Crippen molar-refractivity contribution in [2.24, 2.45) is 0 Å². The van der Waals surface area contributed by atoms with Gasteiger partial charge in [0.25, 0.3) is 0 Å². The van der Waals surface area contributed by atoms with Crippen LogP contribution in [0, 0.1) is 0 Å². The van der Waals surface area contributed by atoms with Gasteiger partial charge in [-0.3, -0.25) is 5.32 Å². The fraction of sp³-hybridized carbons (Fsp3) is 0.333. The molecule has 1 aromatic carbocycles. The summed E-state index contributed by atoms with van der Waals surface area (Å²) in [7, 11) is 0. The molecular formula is C15H18ClN3O2. The molecule has 2 rings (SSSR count). The quantitative estimate of drug-likeness (QED) is 0.902. The Bertz CT molecular complexity index is 632. The van der Waals surface area contributed by atoms with E-state index < -0.39 is 0 Å². The van der Waals surface area contributed by atoms with Crippen molar-refractivity contribution >= 4 is 23.4 Å². The lowest BCUT2D eigenvalue weighted by molar-refractivity contribution is 0.251. The van der Waals surface area contributed by atoms with Crippen LogP contribution in [0.5, 0.6) is 0 Å². The first-order valence-corrected chi connectivity index (χ1v) is 6.99. The summed E-state index contributed by atoms with van der Waals surface area (Å²) in [5.41, 5.74) is 0.776. The fourth-order valence-electron chi connectivity index (χ4n) is 1.68. The predicted molar refractivity (Wildman–Crippen MR) is 82.5 cm³/mol. The number of aromatic nitrogens is 1. The first kappa shape index (κ1) is 15.4. The largest absolute Gasteiger partial charge is 0.359 e. The van der Waals surface area contributed by atoms with E-state index in [-0.39, 0.29) is 11.4 Å². The maximum atomic E-state index is 11.8. The molecule has 2 N–H and O–H groups in total. The molecule has 0 aliphatic rings. The van der Waals surface area contributed by atoms with Gasteiger partial charge in [0, 0.05) is 23.0 Å². The van der Waals surface area contributed by atoms with Crippen molar-refractivity contribution in [3.8, 4) is 0 Å². The standard InChI is InChI=1S/C15H18ClN3O2/c1-15(2,3)12-8-13(19-21-12)18-14(20)17-9-10-5-4-6-11(16)7-10/h4-8H,9H2,1-3H3,(H2,17,18,19,20). The number of amides is 2. The van der Waals surface area contributed by atoms with Gasteiger partial charge in [0.15, 0.2) is 5.82 Å². The Kier molecular flexibility index (Phi) is 4.53. The first-order valence-electron chi connectivity index (χ1n) is 6.61. The number of rotatable bonds is 3. The molecule has 112 valence electrons. The third-order valence-corrected chi connectivity index (χ3v) is 3.07. The third-order valence-electron chi connectivity index (χ3n) is 2.83. The Balaban J connectivity index is 1.89. The second kappa shape index (κ2) is 6.18. The molecule has 5 nitrogen and oxygen atoms in total. The van der Waals surface area contributed by atoms with Crippen molar-refractivity contribution in [2.45, 2.75) is 32.7 Å². The molecule has 0 fully saturated rings. The van der Waals surface area contributed by atoms with E-state index in [4.69, 9.17) is 16.1 Å². The highest BCUT2D eigenvalue weighted by molar-refractivity contribution is 6.30. The van der Waals surface area contributed by atoms with Crippen LogP contribution in [-0.4, -0.2) is 11.2 Å². The molecule has 1 heterocycles. The van der Waals surface area contributed by atoms with E-state index in [1.54, 1.807) is 18.2 Å². The predicted octanol–water partition coefficient (Wildman–Crippen LogP) is 3.95. The number of anilines is 1. The van der Waals surface area contributed by atoms with Crippen LogP contribution in [0.3, 0.4) is 0 Å². The highest BCUT2D eigenvalue weighted by atomic mass is 35.5. The average molecular weight is 308 g/mol. The molecule has 2 aromatic rings. The number of carbonyl (C=O) groups excluding carboxylic acids is 1. The minimum Gasteiger partial charge on any atom is -0.359 e. The summed E-state index contributed by atoms with van der Waals surface area (Å²) in [6.07, 6.45) is 0. The van der Waals surface area contributed by atoms with Crippen molar-refractivity contribution in [1.82, 2.24) is 10.5 Å². The molecule has 0 saturated carbocycles. The summed E-state index contributed by atoms with van der Waals surface area (Å²) in [5.74, 6) is 1.11. The Labute approximate surface area is 128 Å². The molecule has 0 bridgehead atoms. The van der Waals surface area contributed by atoms with Gasteiger partial charge >= 0.3 is 6.03 Å². The average Bonchev–Trinajstić information content (AvgIpc) is 2.85. The summed E-state index contributed by atoms with van der Waals surface area (Å²) in [6, 6.07) is 8.69. The summed E-state index contributed by atoms with van der Waals surface area (Å²) >= 11 is 5.88. The number of carbonyl (C=O) groups is 1. The van der Waals surface area contributed by atoms with E-state index in [2.05, 4.69) is 15.8 Å². The minimum atomic E-state index is -0.344. The molecule has 6 heteroatoms. The summed E-state index contributed by atoms with van der Waals surface area (Å²) < 4.78 is 5.20. The van der Waals surface area contributed by atoms with Crippen molar-refractivity contribution < 1.29 is 9.32 Å². The Morgan fingerprint density at radius 3 is 2.71 bits per heavy atom. The monoisotopic (exact) mass is 307 g/mol. The van der Waals surface area contributed by atoms with Crippen LogP contribution in [-0.2, 0) is 12.0 Å². The third kappa shape index (κ3) is 4.49. The lowest BCUT2D eigenvalue weighted by atomic mass is 9.93. The van der Waals surface area contributed by atoms with Gasteiger partial charge in [0.2, 0.25) is 0 Å². The Hall–Kier alpha value is -2.01. The fourth-order valence-corrected chi connectivity index (χ4v) is 1.89. The number of hydrogen-bond donors (Lipinski definition) is 2. The van der Waals surface area contributed by atoms with Gasteiger partial charge in [-0.25, -0.2) is 4.79 Å². The van der Waals surface area contributed by atoms with Crippen LogP contribution in [0.4, 0.5) is 10.6 Å². The maximum absolute atomic E-state index is 11.8. The Morgan fingerprint density at radius 2 is 2.10 bits per heavy atom. The number of benzene rings is 1. The van der Waals surface area contributed by atoms with Crippen molar-refractivity contribution in [2.75, 3.05) is 5.32 Å². The van der Waals surface area contributed by atoms with Crippen LogP contribution in [0.25, 0.3) is 0 Å². The van der Waals surface area contributed by atoms with Gasteiger partial charge in [-0.15, -0.1) is 0 Å². The summed E-state index contributed by atoms with van der Waals surface area (Å²) in [4.78, 5) is 11.8. The van der Waals surface area contributed by atoms with Gasteiger partial charge in [-0.2, -0.15) is 0 Å². The second-order valence-electron chi connectivity index (χ2n) is 5.76. The number of urea groups is 1. The topological polar surface area (TPSA) is 67.2 Å². The zero-order valence-corrected chi connectivity index (χ0v) is 13.0. The van der Waals surface area contributed by atoms with Crippen LogP contribution >= 0.6 is 11.6 Å². The first-order chi connectivity index (χ1) is 9.84.